The molecule has 0 aliphatic carbocycles. The predicted octanol–water partition coefficient (Wildman–Crippen LogP) is 1.87. The van der Waals surface area contributed by atoms with E-state index in [0.717, 1.165) is 50.3 Å². The van der Waals surface area contributed by atoms with Crippen molar-refractivity contribution in [1.29, 1.82) is 0 Å². The van der Waals surface area contributed by atoms with E-state index in [4.69, 9.17) is 14.2 Å². The van der Waals surface area contributed by atoms with E-state index < -0.39 is 5.60 Å². The maximum absolute atomic E-state index is 10.8. The Bertz CT molecular complexity index is 536. The van der Waals surface area contributed by atoms with E-state index in [1.54, 1.807) is 14.2 Å². The molecule has 0 unspecified atom stereocenters. The van der Waals surface area contributed by atoms with Gasteiger partial charge in [0.2, 0.25) is 0 Å². The number of aliphatic hydroxyl groups is 1. The molecule has 1 saturated heterocycles. The minimum atomic E-state index is -0.600. The Morgan fingerprint density at radius 1 is 1.25 bits per heavy atom. The number of hydrogen-bond acceptors (Lipinski definition) is 4. The Morgan fingerprint density at radius 2 is 2.00 bits per heavy atom. The monoisotopic (exact) mass is 338 g/mol. The van der Waals surface area contributed by atoms with E-state index in [0.29, 0.717) is 6.61 Å². The van der Waals surface area contributed by atoms with Crippen LogP contribution in [0.25, 0.3) is 0 Å². The van der Waals surface area contributed by atoms with Crippen LogP contribution in [0.4, 0.5) is 0 Å². The van der Waals surface area contributed by atoms with E-state index in [1.807, 2.05) is 12.1 Å². The quantitative estimate of drug-likeness (QED) is 0.710. The molecule has 1 heterocycles. The Hall–Kier alpha value is -1.30. The van der Waals surface area contributed by atoms with Crippen LogP contribution in [0.15, 0.2) is 18.2 Å². The maximum Gasteiger partial charge on any atom is 0.161 e. The van der Waals surface area contributed by atoms with Crippen molar-refractivity contribution >= 4 is 0 Å². The highest BCUT2D eigenvalue weighted by Crippen LogP contribution is 2.36. The van der Waals surface area contributed by atoms with E-state index >= 15 is 0 Å². The molecule has 3 N–H and O–H groups in total. The molecule has 1 aromatic rings. The smallest absolute Gasteiger partial charge is 0.161 e. The summed E-state index contributed by atoms with van der Waals surface area (Å²) in [5, 5.41) is 13.1. The number of rotatable bonds is 8. The molecule has 1 fully saturated rings. The van der Waals surface area contributed by atoms with Crippen molar-refractivity contribution in [2.75, 3.05) is 27.4 Å². The standard InChI is InChI=1S/C19H31NO4/c1-5-18(2)14-19(21,9-11-24-18)8-10-20-13-15-6-7-16(22-3)17(12-15)23-4/h6-7,12,20-21H,5,8-11,13-14H2,1-4H3/p+1/t18-,19+/m0/s1. The molecule has 0 saturated carbocycles. The first-order valence-electron chi connectivity index (χ1n) is 8.82. The van der Waals surface area contributed by atoms with Crippen molar-refractivity contribution in [3.63, 3.8) is 0 Å². The highest BCUT2D eigenvalue weighted by atomic mass is 16.5. The zero-order valence-corrected chi connectivity index (χ0v) is 15.4. The van der Waals surface area contributed by atoms with Gasteiger partial charge in [-0.25, -0.2) is 0 Å². The summed E-state index contributed by atoms with van der Waals surface area (Å²) in [4.78, 5) is 0. The van der Waals surface area contributed by atoms with Crippen LogP contribution in [0.5, 0.6) is 11.5 Å². The minimum absolute atomic E-state index is 0.184. The molecule has 2 rings (SSSR count). The lowest BCUT2D eigenvalue weighted by Gasteiger charge is -2.42. The molecule has 5 nitrogen and oxygen atoms in total. The molecule has 0 amide bonds. The van der Waals surface area contributed by atoms with Crippen LogP contribution in [-0.2, 0) is 11.3 Å². The van der Waals surface area contributed by atoms with Gasteiger partial charge < -0.3 is 24.6 Å². The molecule has 2 atom stereocenters. The summed E-state index contributed by atoms with van der Waals surface area (Å²) < 4.78 is 16.4. The van der Waals surface area contributed by atoms with Gasteiger partial charge >= 0.3 is 0 Å². The van der Waals surface area contributed by atoms with Crippen molar-refractivity contribution in [1.82, 2.24) is 0 Å². The topological polar surface area (TPSA) is 64.5 Å². The lowest BCUT2D eigenvalue weighted by atomic mass is 9.80. The molecule has 0 aromatic heterocycles. The molecule has 1 aliphatic heterocycles. The van der Waals surface area contributed by atoms with Crippen molar-refractivity contribution in [2.45, 2.75) is 57.3 Å². The fourth-order valence-corrected chi connectivity index (χ4v) is 3.41. The van der Waals surface area contributed by atoms with Crippen molar-refractivity contribution in [3.05, 3.63) is 23.8 Å². The van der Waals surface area contributed by atoms with Gasteiger partial charge in [-0.05, 0) is 38.0 Å². The molecule has 0 radical (unpaired) electrons. The number of hydrogen-bond donors (Lipinski definition) is 2. The van der Waals surface area contributed by atoms with E-state index in [9.17, 15) is 5.11 Å². The summed E-state index contributed by atoms with van der Waals surface area (Å²) in [6.07, 6.45) is 3.18. The SMILES string of the molecule is CC[C@@]1(C)C[C@@](O)(CC[NH2+]Cc2ccc(OC)c(OC)c2)CCO1. The van der Waals surface area contributed by atoms with E-state index in [2.05, 4.69) is 25.2 Å². The van der Waals surface area contributed by atoms with Crippen LogP contribution in [0.1, 0.15) is 45.1 Å². The average Bonchev–Trinajstić information content (AvgIpc) is 2.58. The van der Waals surface area contributed by atoms with Gasteiger partial charge in [0.25, 0.3) is 0 Å². The Morgan fingerprint density at radius 3 is 2.67 bits per heavy atom. The number of benzene rings is 1. The van der Waals surface area contributed by atoms with Gasteiger partial charge in [-0.1, -0.05) is 6.92 Å². The molecule has 24 heavy (non-hydrogen) atoms. The first-order chi connectivity index (χ1) is 11.4. The van der Waals surface area contributed by atoms with Gasteiger partial charge in [0, 0.05) is 18.4 Å². The predicted molar refractivity (Wildman–Crippen MR) is 93.5 cm³/mol. The molecule has 1 aromatic carbocycles. The van der Waals surface area contributed by atoms with Crippen LogP contribution in [0, 0.1) is 0 Å². The van der Waals surface area contributed by atoms with Crippen LogP contribution in [0.3, 0.4) is 0 Å². The summed E-state index contributed by atoms with van der Waals surface area (Å²) in [6.45, 7) is 6.62. The van der Waals surface area contributed by atoms with Gasteiger partial charge in [-0.3, -0.25) is 0 Å². The molecule has 5 heteroatoms. The van der Waals surface area contributed by atoms with Crippen LogP contribution in [0.2, 0.25) is 0 Å². The number of ether oxygens (including phenoxy) is 3. The van der Waals surface area contributed by atoms with Crippen LogP contribution in [-0.4, -0.2) is 43.7 Å². The number of methoxy groups -OCH3 is 2. The summed E-state index contributed by atoms with van der Waals surface area (Å²) >= 11 is 0. The molecular formula is C19H32NO4+. The summed E-state index contributed by atoms with van der Waals surface area (Å²) in [7, 11) is 3.29. The van der Waals surface area contributed by atoms with E-state index in [1.165, 1.54) is 5.56 Å². The van der Waals surface area contributed by atoms with Crippen molar-refractivity contribution in [2.24, 2.45) is 0 Å². The Kier molecular flexibility index (Phi) is 6.49. The summed E-state index contributed by atoms with van der Waals surface area (Å²) in [5.74, 6) is 1.50. The van der Waals surface area contributed by atoms with Gasteiger partial charge in [0.15, 0.2) is 11.5 Å². The zero-order chi connectivity index (χ0) is 17.6. The Labute approximate surface area is 145 Å². The zero-order valence-electron chi connectivity index (χ0n) is 15.4. The van der Waals surface area contributed by atoms with Crippen LogP contribution >= 0.6 is 0 Å². The lowest BCUT2D eigenvalue weighted by molar-refractivity contribution is -0.672. The molecule has 0 bridgehead atoms. The first-order valence-corrected chi connectivity index (χ1v) is 8.82. The maximum atomic E-state index is 10.8. The van der Waals surface area contributed by atoms with Gasteiger partial charge in [0.1, 0.15) is 6.54 Å². The van der Waals surface area contributed by atoms with Crippen LogP contribution < -0.4 is 14.8 Å². The molecule has 1 aliphatic rings. The van der Waals surface area contributed by atoms with E-state index in [-0.39, 0.29) is 5.60 Å². The van der Waals surface area contributed by atoms with Crippen molar-refractivity contribution in [3.8, 4) is 11.5 Å². The average molecular weight is 338 g/mol. The minimum Gasteiger partial charge on any atom is -0.493 e. The first kappa shape index (κ1) is 19.0. The molecule has 136 valence electrons. The lowest BCUT2D eigenvalue weighted by Crippen LogP contribution is -2.83. The second-order valence-corrected chi connectivity index (χ2v) is 7.02. The summed E-state index contributed by atoms with van der Waals surface area (Å²) in [5.41, 5.74) is 0.401. The third-order valence-electron chi connectivity index (χ3n) is 5.11. The van der Waals surface area contributed by atoms with Gasteiger partial charge in [-0.15, -0.1) is 0 Å². The van der Waals surface area contributed by atoms with Gasteiger partial charge in [0.05, 0.1) is 38.6 Å². The normalized spacial score (nSPS) is 27.0. The molecular weight excluding hydrogens is 306 g/mol. The van der Waals surface area contributed by atoms with Gasteiger partial charge in [-0.2, -0.15) is 0 Å². The fraction of sp³-hybridized carbons (Fsp3) is 0.684. The largest absolute Gasteiger partial charge is 0.493 e. The number of nitrogens with two attached hydrogens (primary N) is 1. The Balaban J connectivity index is 1.82. The molecule has 0 spiro atoms. The second-order valence-electron chi connectivity index (χ2n) is 7.02. The number of quaternary nitrogens is 1. The van der Waals surface area contributed by atoms with Crippen molar-refractivity contribution < 1.29 is 24.6 Å². The highest BCUT2D eigenvalue weighted by molar-refractivity contribution is 5.42. The second kappa shape index (κ2) is 8.19. The third kappa shape index (κ3) is 4.85. The summed E-state index contributed by atoms with van der Waals surface area (Å²) in [6, 6.07) is 5.99. The fourth-order valence-electron chi connectivity index (χ4n) is 3.41. The highest BCUT2D eigenvalue weighted by Gasteiger charge is 2.41. The third-order valence-corrected chi connectivity index (χ3v) is 5.11.